The highest BCUT2D eigenvalue weighted by molar-refractivity contribution is 6.03. The molecule has 4 N–H and O–H groups in total. The summed E-state index contributed by atoms with van der Waals surface area (Å²) in [6.07, 6.45) is 0. The van der Waals surface area contributed by atoms with Crippen molar-refractivity contribution in [2.45, 2.75) is 0 Å². The van der Waals surface area contributed by atoms with Crippen LogP contribution in [0.2, 0.25) is 0 Å². The molecule has 0 fully saturated rings. The van der Waals surface area contributed by atoms with Crippen molar-refractivity contribution in [3.8, 4) is 11.5 Å². The van der Waals surface area contributed by atoms with Crippen LogP contribution >= 0.6 is 0 Å². The molecule has 0 aliphatic heterocycles. The Morgan fingerprint density at radius 2 is 1.25 bits per heavy atom. The molecule has 0 unspecified atom stereocenters. The number of aromatic nitrogens is 1. The molecule has 0 aliphatic carbocycles. The van der Waals surface area contributed by atoms with Gasteiger partial charge in [0.25, 0.3) is 0 Å². The van der Waals surface area contributed by atoms with E-state index in [2.05, 4.69) is 4.98 Å². The first kappa shape index (κ1) is 12.3. The lowest BCUT2D eigenvalue weighted by Crippen LogP contribution is -1.98. The molecule has 0 atom stereocenters. The molecule has 1 heterocycles. The predicted octanol–water partition coefficient (Wildman–Crippen LogP) is 2.57. The quantitative estimate of drug-likeness (QED) is 0.552. The van der Waals surface area contributed by atoms with E-state index in [1.54, 1.807) is 14.2 Å². The van der Waals surface area contributed by atoms with E-state index in [4.69, 9.17) is 20.9 Å². The Hall–Kier alpha value is -2.69. The molecule has 20 heavy (non-hydrogen) atoms. The van der Waals surface area contributed by atoms with Gasteiger partial charge in [0.05, 0.1) is 25.3 Å². The molecule has 5 heteroatoms. The van der Waals surface area contributed by atoms with Gasteiger partial charge in [-0.25, -0.2) is 4.98 Å². The maximum absolute atomic E-state index is 6.08. The fourth-order valence-electron chi connectivity index (χ4n) is 2.33. The molecule has 2 aromatic carbocycles. The highest BCUT2D eigenvalue weighted by atomic mass is 16.5. The first-order valence-electron chi connectivity index (χ1n) is 6.15. The number of pyridine rings is 1. The summed E-state index contributed by atoms with van der Waals surface area (Å²) in [6, 6.07) is 9.52. The normalized spacial score (nSPS) is 10.9. The second-order valence-electron chi connectivity index (χ2n) is 4.49. The molecule has 0 aliphatic rings. The number of anilines is 2. The summed E-state index contributed by atoms with van der Waals surface area (Å²) in [6.45, 7) is 0. The number of ether oxygens (including phenoxy) is 2. The number of methoxy groups -OCH3 is 2. The third kappa shape index (κ3) is 1.67. The number of fused-ring (bicyclic) bond motifs is 2. The summed E-state index contributed by atoms with van der Waals surface area (Å²) in [7, 11) is 3.16. The summed E-state index contributed by atoms with van der Waals surface area (Å²) in [5.41, 5.74) is 14.5. The molecule has 0 radical (unpaired) electrons. The van der Waals surface area contributed by atoms with Gasteiger partial charge in [0.1, 0.15) is 22.9 Å². The first-order chi connectivity index (χ1) is 9.65. The van der Waals surface area contributed by atoms with Crippen molar-refractivity contribution in [2.24, 2.45) is 0 Å². The molecule has 0 saturated heterocycles. The van der Waals surface area contributed by atoms with E-state index >= 15 is 0 Å². The van der Waals surface area contributed by atoms with Gasteiger partial charge >= 0.3 is 0 Å². The summed E-state index contributed by atoms with van der Waals surface area (Å²) >= 11 is 0. The Labute approximate surface area is 116 Å². The van der Waals surface area contributed by atoms with Crippen molar-refractivity contribution in [3.05, 3.63) is 30.3 Å². The fourth-order valence-corrected chi connectivity index (χ4v) is 2.33. The van der Waals surface area contributed by atoms with Crippen molar-refractivity contribution >= 4 is 33.2 Å². The van der Waals surface area contributed by atoms with Crippen LogP contribution in [0, 0.1) is 0 Å². The predicted molar refractivity (Wildman–Crippen MR) is 81.2 cm³/mol. The lowest BCUT2D eigenvalue weighted by molar-refractivity contribution is 0.417. The Kier molecular flexibility index (Phi) is 2.75. The van der Waals surface area contributed by atoms with Gasteiger partial charge < -0.3 is 20.9 Å². The number of nitrogens with two attached hydrogens (primary N) is 2. The molecule has 1 aromatic heterocycles. The second kappa shape index (κ2) is 4.45. The SMILES string of the molecule is COc1ccc2cc3ccc(OC)c(N)c3nc2c1N. The van der Waals surface area contributed by atoms with Gasteiger partial charge in [-0.2, -0.15) is 0 Å². The van der Waals surface area contributed by atoms with Crippen molar-refractivity contribution in [2.75, 3.05) is 25.7 Å². The third-order valence-electron chi connectivity index (χ3n) is 3.39. The number of nitrogen functional groups attached to an aromatic ring is 2. The highest BCUT2D eigenvalue weighted by Gasteiger charge is 2.11. The number of nitrogens with zero attached hydrogens (tertiary/aromatic N) is 1. The van der Waals surface area contributed by atoms with Crippen LogP contribution in [-0.2, 0) is 0 Å². The maximum atomic E-state index is 6.08. The Balaban J connectivity index is 2.42. The van der Waals surface area contributed by atoms with Crippen LogP contribution < -0.4 is 20.9 Å². The van der Waals surface area contributed by atoms with Crippen LogP contribution in [-0.4, -0.2) is 19.2 Å². The van der Waals surface area contributed by atoms with Gasteiger partial charge in [0, 0.05) is 10.8 Å². The Morgan fingerprint density at radius 3 is 1.65 bits per heavy atom. The Bertz CT molecular complexity index is 750. The van der Waals surface area contributed by atoms with Crippen LogP contribution in [0.25, 0.3) is 21.8 Å². The maximum Gasteiger partial charge on any atom is 0.144 e. The van der Waals surface area contributed by atoms with Crippen LogP contribution in [0.5, 0.6) is 11.5 Å². The summed E-state index contributed by atoms with van der Waals surface area (Å²) in [5, 5.41) is 1.89. The molecular formula is C15H15N3O2. The van der Waals surface area contributed by atoms with Crippen molar-refractivity contribution in [1.82, 2.24) is 4.98 Å². The van der Waals surface area contributed by atoms with Gasteiger partial charge in [0.15, 0.2) is 0 Å². The average molecular weight is 269 g/mol. The zero-order chi connectivity index (χ0) is 14.3. The minimum absolute atomic E-state index is 0.508. The standard InChI is InChI=1S/C15H15N3O2/c1-19-10-5-3-8-7-9-4-6-11(20-2)13(17)15(9)18-14(8)12(10)16/h3-7H,16-17H2,1-2H3. The van der Waals surface area contributed by atoms with E-state index in [-0.39, 0.29) is 0 Å². The van der Waals surface area contributed by atoms with Gasteiger partial charge in [-0.05, 0) is 30.3 Å². The number of rotatable bonds is 2. The van der Waals surface area contributed by atoms with E-state index in [9.17, 15) is 0 Å². The molecule has 0 bridgehead atoms. The topological polar surface area (TPSA) is 83.4 Å². The third-order valence-corrected chi connectivity index (χ3v) is 3.39. The average Bonchev–Trinajstić information content (AvgIpc) is 2.47. The molecular weight excluding hydrogens is 254 g/mol. The van der Waals surface area contributed by atoms with Gasteiger partial charge in [0.2, 0.25) is 0 Å². The zero-order valence-corrected chi connectivity index (χ0v) is 11.3. The van der Waals surface area contributed by atoms with Crippen LogP contribution in [0.1, 0.15) is 0 Å². The largest absolute Gasteiger partial charge is 0.495 e. The van der Waals surface area contributed by atoms with E-state index in [1.807, 2.05) is 30.3 Å². The minimum Gasteiger partial charge on any atom is -0.495 e. The van der Waals surface area contributed by atoms with Crippen LogP contribution in [0.4, 0.5) is 11.4 Å². The zero-order valence-electron chi connectivity index (χ0n) is 11.3. The van der Waals surface area contributed by atoms with Gasteiger partial charge in [-0.15, -0.1) is 0 Å². The lowest BCUT2D eigenvalue weighted by Gasteiger charge is -2.11. The van der Waals surface area contributed by atoms with Gasteiger partial charge in [-0.1, -0.05) is 0 Å². The van der Waals surface area contributed by atoms with E-state index in [1.165, 1.54) is 0 Å². The molecule has 0 amide bonds. The first-order valence-corrected chi connectivity index (χ1v) is 6.15. The van der Waals surface area contributed by atoms with E-state index < -0.39 is 0 Å². The number of benzene rings is 2. The molecule has 3 aromatic rings. The smallest absolute Gasteiger partial charge is 0.144 e. The lowest BCUT2D eigenvalue weighted by atomic mass is 10.1. The summed E-state index contributed by atoms with van der Waals surface area (Å²) < 4.78 is 10.4. The van der Waals surface area contributed by atoms with Crippen LogP contribution in [0.15, 0.2) is 30.3 Å². The van der Waals surface area contributed by atoms with Gasteiger partial charge in [-0.3, -0.25) is 0 Å². The van der Waals surface area contributed by atoms with Crippen LogP contribution in [0.3, 0.4) is 0 Å². The highest BCUT2D eigenvalue weighted by Crippen LogP contribution is 2.35. The number of hydrogen-bond acceptors (Lipinski definition) is 5. The monoisotopic (exact) mass is 269 g/mol. The second-order valence-corrected chi connectivity index (χ2v) is 4.49. The molecule has 102 valence electrons. The van der Waals surface area contributed by atoms with E-state index in [0.29, 0.717) is 33.9 Å². The summed E-state index contributed by atoms with van der Waals surface area (Å²) in [4.78, 5) is 4.58. The van der Waals surface area contributed by atoms with Crippen molar-refractivity contribution < 1.29 is 9.47 Å². The van der Waals surface area contributed by atoms with Crippen molar-refractivity contribution in [1.29, 1.82) is 0 Å². The molecule has 0 saturated carbocycles. The van der Waals surface area contributed by atoms with E-state index in [0.717, 1.165) is 10.8 Å². The fraction of sp³-hybridized carbons (Fsp3) is 0.133. The minimum atomic E-state index is 0.508. The Morgan fingerprint density at radius 1 is 0.800 bits per heavy atom. The molecule has 0 spiro atoms. The molecule has 3 rings (SSSR count). The molecule has 5 nitrogen and oxygen atoms in total. The summed E-state index contributed by atoms with van der Waals surface area (Å²) in [5.74, 6) is 1.21. The number of hydrogen-bond donors (Lipinski definition) is 2. The van der Waals surface area contributed by atoms with Crippen molar-refractivity contribution in [3.63, 3.8) is 0 Å².